The zero-order valence-electron chi connectivity index (χ0n) is 10.9. The van der Waals surface area contributed by atoms with Crippen molar-refractivity contribution in [3.8, 4) is 11.3 Å². The van der Waals surface area contributed by atoms with E-state index in [1.165, 1.54) is 12.1 Å². The van der Waals surface area contributed by atoms with E-state index < -0.39 is 11.8 Å². The van der Waals surface area contributed by atoms with Gasteiger partial charge in [-0.2, -0.15) is 0 Å². The summed E-state index contributed by atoms with van der Waals surface area (Å²) in [5.74, 6) is -1.95. The lowest BCUT2D eigenvalue weighted by molar-refractivity contribution is -0.131. The zero-order chi connectivity index (χ0) is 15.0. The molecule has 0 radical (unpaired) electrons. The Bertz CT molecular complexity index is 831. The smallest absolute Gasteiger partial charge is 0.377 e. The molecule has 0 spiro atoms. The Kier molecular flexibility index (Phi) is 2.95. The summed E-state index contributed by atoms with van der Waals surface area (Å²) in [7, 11) is 0. The third-order valence-electron chi connectivity index (χ3n) is 3.20. The fourth-order valence-electron chi connectivity index (χ4n) is 2.16. The molecule has 1 heterocycles. The molecule has 0 bridgehead atoms. The Morgan fingerprint density at radius 3 is 2.48 bits per heavy atom. The molecule has 3 aromatic rings. The van der Waals surface area contributed by atoms with Crippen LogP contribution in [0.4, 0.5) is 5.69 Å². The van der Waals surface area contributed by atoms with Crippen LogP contribution in [-0.4, -0.2) is 16.9 Å². The lowest BCUT2D eigenvalue weighted by atomic mass is 10.0. The average molecular weight is 281 g/mol. The van der Waals surface area contributed by atoms with Gasteiger partial charge in [-0.15, -0.1) is 0 Å². The number of carboxylic acid groups (broad SMARTS) is 1. The quantitative estimate of drug-likeness (QED) is 0.437. The Hall–Kier alpha value is -3.08. The first-order valence-electron chi connectivity index (χ1n) is 6.22. The molecule has 0 amide bonds. The summed E-state index contributed by atoms with van der Waals surface area (Å²) >= 11 is 0. The number of fused-ring (bicyclic) bond motifs is 1. The summed E-state index contributed by atoms with van der Waals surface area (Å²) in [5, 5.41) is 9.67. The molecular formula is C16H11NO4. The molecule has 1 aromatic heterocycles. The number of anilines is 1. The number of Topliss-reactive ketones (excluding diaryl/α,β-unsaturated/α-hetero) is 1. The van der Waals surface area contributed by atoms with E-state index in [1.54, 1.807) is 6.07 Å². The van der Waals surface area contributed by atoms with Gasteiger partial charge in [0.2, 0.25) is 0 Å². The number of hydrogen-bond acceptors (Lipinski definition) is 4. The Balaban J connectivity index is 2.05. The second kappa shape index (κ2) is 4.79. The van der Waals surface area contributed by atoms with Crippen LogP contribution in [0.25, 0.3) is 22.3 Å². The van der Waals surface area contributed by atoms with Gasteiger partial charge in [-0.1, -0.05) is 24.3 Å². The Morgan fingerprint density at radius 2 is 1.81 bits per heavy atom. The fraction of sp³-hybridized carbons (Fsp3) is 0. The van der Waals surface area contributed by atoms with E-state index in [0.29, 0.717) is 11.3 Å². The van der Waals surface area contributed by atoms with Crippen molar-refractivity contribution in [1.29, 1.82) is 0 Å². The van der Waals surface area contributed by atoms with Gasteiger partial charge in [0.05, 0.1) is 5.56 Å². The topological polar surface area (TPSA) is 93.5 Å². The first-order chi connectivity index (χ1) is 10.1. The molecule has 3 rings (SSSR count). The van der Waals surface area contributed by atoms with E-state index in [4.69, 9.17) is 15.3 Å². The zero-order valence-corrected chi connectivity index (χ0v) is 10.9. The summed E-state index contributed by atoms with van der Waals surface area (Å²) < 4.78 is 5.70. The van der Waals surface area contributed by atoms with E-state index in [0.717, 1.165) is 11.0 Å². The number of nitrogens with two attached hydrogens (primary N) is 1. The molecule has 0 aliphatic heterocycles. The van der Waals surface area contributed by atoms with Crippen molar-refractivity contribution < 1.29 is 19.1 Å². The molecule has 0 saturated carbocycles. The van der Waals surface area contributed by atoms with Crippen molar-refractivity contribution in [3.63, 3.8) is 0 Å². The number of para-hydroxylation sites is 1. The van der Waals surface area contributed by atoms with Gasteiger partial charge in [0.1, 0.15) is 11.3 Å². The van der Waals surface area contributed by atoms with Gasteiger partial charge in [0, 0.05) is 16.6 Å². The van der Waals surface area contributed by atoms with Crippen LogP contribution >= 0.6 is 0 Å². The maximum atomic E-state index is 11.5. The Labute approximate surface area is 119 Å². The number of carbonyl (C=O) groups excluding carboxylic acids is 1. The van der Waals surface area contributed by atoms with E-state index in [1.807, 2.05) is 30.3 Å². The molecule has 0 aliphatic rings. The van der Waals surface area contributed by atoms with Crippen LogP contribution in [0.3, 0.4) is 0 Å². The van der Waals surface area contributed by atoms with Gasteiger partial charge in [-0.05, 0) is 24.3 Å². The largest absolute Gasteiger partial charge is 0.475 e. The summed E-state index contributed by atoms with van der Waals surface area (Å²) in [4.78, 5) is 22.2. The van der Waals surface area contributed by atoms with Crippen LogP contribution in [0.5, 0.6) is 0 Å². The van der Waals surface area contributed by atoms with Crippen molar-refractivity contribution in [2.75, 3.05) is 5.73 Å². The molecule has 104 valence electrons. The van der Waals surface area contributed by atoms with Crippen LogP contribution in [0.2, 0.25) is 0 Å². The number of hydrogen-bond donors (Lipinski definition) is 2. The van der Waals surface area contributed by atoms with Gasteiger partial charge >= 0.3 is 5.97 Å². The number of nitrogen functional groups attached to an aromatic ring is 1. The van der Waals surface area contributed by atoms with Gasteiger partial charge in [-0.3, -0.25) is 4.79 Å². The van der Waals surface area contributed by atoms with Gasteiger partial charge in [-0.25, -0.2) is 4.79 Å². The molecule has 5 nitrogen and oxygen atoms in total. The van der Waals surface area contributed by atoms with Crippen LogP contribution in [0.1, 0.15) is 10.4 Å². The molecular weight excluding hydrogens is 270 g/mol. The van der Waals surface area contributed by atoms with Crippen LogP contribution in [-0.2, 0) is 4.79 Å². The predicted octanol–water partition coefficient (Wildman–Crippen LogP) is 2.95. The highest BCUT2D eigenvalue weighted by Gasteiger charge is 2.18. The number of benzene rings is 2. The highest BCUT2D eigenvalue weighted by Crippen LogP contribution is 2.29. The second-order valence-corrected chi connectivity index (χ2v) is 4.58. The minimum absolute atomic E-state index is 0.0256. The third-order valence-corrected chi connectivity index (χ3v) is 3.20. The first-order valence-corrected chi connectivity index (χ1v) is 6.22. The summed E-state index contributed by atoms with van der Waals surface area (Å²) in [6, 6.07) is 14.0. The van der Waals surface area contributed by atoms with Crippen molar-refractivity contribution in [3.05, 3.63) is 54.1 Å². The van der Waals surface area contributed by atoms with Gasteiger partial charge in [0.15, 0.2) is 0 Å². The number of ketones is 1. The number of carboxylic acids is 1. The number of rotatable bonds is 3. The predicted molar refractivity (Wildman–Crippen MR) is 78.0 cm³/mol. The van der Waals surface area contributed by atoms with Crippen molar-refractivity contribution >= 4 is 28.4 Å². The molecule has 21 heavy (non-hydrogen) atoms. The monoisotopic (exact) mass is 281 g/mol. The van der Waals surface area contributed by atoms with Gasteiger partial charge < -0.3 is 15.3 Å². The standard InChI is InChI=1S/C16H11NO4/c17-12-7-10(5-6-11(12)15(18)16(19)20)14-8-9-3-1-2-4-13(9)21-14/h1-8H,17H2,(H,19,20). The molecule has 0 atom stereocenters. The SMILES string of the molecule is Nc1cc(-c2cc3ccccc3o2)ccc1C(=O)C(=O)O. The normalized spacial score (nSPS) is 10.7. The number of furan rings is 1. The van der Waals surface area contributed by atoms with E-state index >= 15 is 0 Å². The maximum Gasteiger partial charge on any atom is 0.377 e. The average Bonchev–Trinajstić information content (AvgIpc) is 2.90. The minimum atomic E-state index is -1.53. The molecule has 0 saturated heterocycles. The summed E-state index contributed by atoms with van der Waals surface area (Å²) in [6.45, 7) is 0. The van der Waals surface area contributed by atoms with Crippen LogP contribution in [0.15, 0.2) is 52.9 Å². The van der Waals surface area contributed by atoms with Crippen LogP contribution < -0.4 is 5.73 Å². The fourth-order valence-corrected chi connectivity index (χ4v) is 2.16. The van der Waals surface area contributed by atoms with Gasteiger partial charge in [0.25, 0.3) is 5.78 Å². The lowest BCUT2D eigenvalue weighted by Gasteiger charge is -2.04. The molecule has 2 aromatic carbocycles. The first kappa shape index (κ1) is 12.9. The summed E-state index contributed by atoms with van der Waals surface area (Å²) in [6.07, 6.45) is 0. The highest BCUT2D eigenvalue weighted by molar-refractivity contribution is 6.41. The van der Waals surface area contributed by atoms with Crippen molar-refractivity contribution in [2.24, 2.45) is 0 Å². The highest BCUT2D eigenvalue weighted by atomic mass is 16.4. The molecule has 0 aliphatic carbocycles. The molecule has 5 heteroatoms. The summed E-state index contributed by atoms with van der Waals surface area (Å²) in [5.41, 5.74) is 7.28. The molecule has 0 fully saturated rings. The van der Waals surface area contributed by atoms with E-state index in [9.17, 15) is 9.59 Å². The number of carbonyl (C=O) groups is 2. The maximum absolute atomic E-state index is 11.5. The lowest BCUT2D eigenvalue weighted by Crippen LogP contribution is -2.14. The Morgan fingerprint density at radius 1 is 1.05 bits per heavy atom. The van der Waals surface area contributed by atoms with Crippen molar-refractivity contribution in [2.45, 2.75) is 0 Å². The molecule has 0 unspecified atom stereocenters. The van der Waals surface area contributed by atoms with E-state index in [-0.39, 0.29) is 11.3 Å². The van der Waals surface area contributed by atoms with Crippen molar-refractivity contribution in [1.82, 2.24) is 0 Å². The number of aliphatic carboxylic acids is 1. The second-order valence-electron chi connectivity index (χ2n) is 4.58. The minimum Gasteiger partial charge on any atom is -0.475 e. The van der Waals surface area contributed by atoms with E-state index in [2.05, 4.69) is 0 Å². The third kappa shape index (κ3) is 2.25. The molecule has 3 N–H and O–H groups in total. The van der Waals surface area contributed by atoms with Crippen LogP contribution in [0, 0.1) is 0 Å².